The van der Waals surface area contributed by atoms with Crippen molar-refractivity contribution in [2.24, 2.45) is 0 Å². The van der Waals surface area contributed by atoms with Crippen molar-refractivity contribution in [3.63, 3.8) is 0 Å². The second-order valence-electron chi connectivity index (χ2n) is 5.86. The van der Waals surface area contributed by atoms with E-state index >= 15 is 0 Å². The van der Waals surface area contributed by atoms with Gasteiger partial charge in [-0.1, -0.05) is 0 Å². The molecule has 3 heterocycles. The zero-order chi connectivity index (χ0) is 15.0. The Bertz CT molecular complexity index is 636. The van der Waals surface area contributed by atoms with E-state index in [0.717, 1.165) is 12.8 Å². The third kappa shape index (κ3) is 2.78. The average Bonchev–Trinajstić information content (AvgIpc) is 2.72. The maximum absolute atomic E-state index is 12.4. The number of nitrogens with one attached hydrogen (secondary N) is 1. The van der Waals surface area contributed by atoms with Gasteiger partial charge in [0.25, 0.3) is 11.1 Å². The Hall–Kier alpha value is -1.89. The quantitative estimate of drug-likeness (QED) is 0.781. The summed E-state index contributed by atoms with van der Waals surface area (Å²) >= 11 is 0. The normalized spacial score (nSPS) is 27.9. The number of carbonyl (C=O) groups is 1. The van der Waals surface area contributed by atoms with E-state index in [1.807, 2.05) is 4.90 Å². The molecule has 7 heteroatoms. The van der Waals surface area contributed by atoms with Gasteiger partial charge in [-0.25, -0.2) is 4.68 Å². The summed E-state index contributed by atoms with van der Waals surface area (Å²) in [6, 6.07) is 2.62. The highest BCUT2D eigenvalue weighted by atomic mass is 16.3. The van der Waals surface area contributed by atoms with Gasteiger partial charge in [0.1, 0.15) is 0 Å². The standard InChI is InChI=1S/C14H19N3O4/c18-11-7-9-1-2-10(8-11)17(9)14(21)5-6-16-13(20)4-3-12(19)15-16/h3-4,9-11,18H,1-2,5-8H2,(H,15,19)/t9-,10+,11?. The number of aromatic amines is 1. The van der Waals surface area contributed by atoms with Gasteiger partial charge in [0, 0.05) is 30.6 Å². The first-order valence-corrected chi connectivity index (χ1v) is 7.34. The van der Waals surface area contributed by atoms with E-state index in [4.69, 9.17) is 0 Å². The smallest absolute Gasteiger partial charge is 0.265 e. The predicted octanol–water partition coefficient (Wildman–Crippen LogP) is -0.559. The molecule has 7 nitrogen and oxygen atoms in total. The molecule has 1 aromatic heterocycles. The lowest BCUT2D eigenvalue weighted by Crippen LogP contribution is -2.48. The third-order valence-electron chi connectivity index (χ3n) is 4.43. The lowest BCUT2D eigenvalue weighted by Gasteiger charge is -2.37. The summed E-state index contributed by atoms with van der Waals surface area (Å²) in [7, 11) is 0. The Kier molecular flexibility index (Phi) is 3.67. The lowest BCUT2D eigenvalue weighted by atomic mass is 9.99. The number of rotatable bonds is 3. The van der Waals surface area contributed by atoms with Gasteiger partial charge in [0.2, 0.25) is 5.91 Å². The molecule has 0 aliphatic carbocycles. The van der Waals surface area contributed by atoms with E-state index in [9.17, 15) is 19.5 Å². The molecule has 0 radical (unpaired) electrons. The molecule has 0 aromatic carbocycles. The van der Waals surface area contributed by atoms with Gasteiger partial charge < -0.3 is 10.0 Å². The molecular formula is C14H19N3O4. The molecule has 1 unspecified atom stereocenters. The first-order chi connectivity index (χ1) is 10.0. The third-order valence-corrected chi connectivity index (χ3v) is 4.43. The zero-order valence-corrected chi connectivity index (χ0v) is 11.7. The van der Waals surface area contributed by atoms with Crippen LogP contribution in [0.2, 0.25) is 0 Å². The molecule has 2 fully saturated rings. The fourth-order valence-corrected chi connectivity index (χ4v) is 3.52. The fraction of sp³-hybridized carbons (Fsp3) is 0.643. The monoisotopic (exact) mass is 293 g/mol. The van der Waals surface area contributed by atoms with Gasteiger partial charge in [-0.15, -0.1) is 0 Å². The van der Waals surface area contributed by atoms with Crippen LogP contribution < -0.4 is 11.1 Å². The summed E-state index contributed by atoms with van der Waals surface area (Å²) in [6.45, 7) is 0.173. The summed E-state index contributed by atoms with van der Waals surface area (Å²) in [4.78, 5) is 37.0. The number of H-pyrrole nitrogens is 1. The highest BCUT2D eigenvalue weighted by Crippen LogP contribution is 2.36. The van der Waals surface area contributed by atoms with Crippen molar-refractivity contribution in [2.45, 2.75) is 56.8 Å². The van der Waals surface area contributed by atoms with Crippen LogP contribution in [0, 0.1) is 0 Å². The Labute approximate surface area is 121 Å². The first kappa shape index (κ1) is 14.1. The second-order valence-corrected chi connectivity index (χ2v) is 5.86. The maximum atomic E-state index is 12.4. The van der Waals surface area contributed by atoms with Gasteiger partial charge in [-0.2, -0.15) is 0 Å². The number of aromatic nitrogens is 2. The van der Waals surface area contributed by atoms with Crippen LogP contribution in [0.5, 0.6) is 0 Å². The molecule has 3 atom stereocenters. The first-order valence-electron chi connectivity index (χ1n) is 7.34. The van der Waals surface area contributed by atoms with Crippen molar-refractivity contribution in [3.05, 3.63) is 32.8 Å². The molecule has 3 rings (SSSR count). The molecule has 1 aromatic rings. The Morgan fingerprint density at radius 3 is 2.57 bits per heavy atom. The van der Waals surface area contributed by atoms with Crippen molar-refractivity contribution in [3.8, 4) is 0 Å². The van der Waals surface area contributed by atoms with Gasteiger partial charge in [0.05, 0.1) is 12.6 Å². The number of carbonyl (C=O) groups excluding carboxylic acids is 1. The fourth-order valence-electron chi connectivity index (χ4n) is 3.52. The van der Waals surface area contributed by atoms with Crippen LogP contribution in [0.25, 0.3) is 0 Å². The summed E-state index contributed by atoms with van der Waals surface area (Å²) in [5.74, 6) is -0.00833. The minimum atomic E-state index is -0.358. The van der Waals surface area contributed by atoms with Crippen LogP contribution in [0.4, 0.5) is 0 Å². The zero-order valence-electron chi connectivity index (χ0n) is 11.7. The average molecular weight is 293 g/mol. The SMILES string of the molecule is O=C(CCn1[nH]c(=O)ccc1=O)N1[C@@H]2CC[C@H]1CC(O)C2. The van der Waals surface area contributed by atoms with Crippen molar-refractivity contribution in [2.75, 3.05) is 0 Å². The lowest BCUT2D eigenvalue weighted by molar-refractivity contribution is -0.137. The topological polar surface area (TPSA) is 95.4 Å². The molecule has 2 saturated heterocycles. The minimum Gasteiger partial charge on any atom is -0.393 e. The molecule has 21 heavy (non-hydrogen) atoms. The van der Waals surface area contributed by atoms with Crippen LogP contribution in [-0.2, 0) is 11.3 Å². The van der Waals surface area contributed by atoms with Crippen LogP contribution in [0.3, 0.4) is 0 Å². The summed E-state index contributed by atoms with van der Waals surface area (Å²) < 4.78 is 1.17. The Morgan fingerprint density at radius 1 is 1.24 bits per heavy atom. The number of aliphatic hydroxyl groups is 1. The number of hydrogen-bond acceptors (Lipinski definition) is 4. The molecule has 2 bridgehead atoms. The predicted molar refractivity (Wildman–Crippen MR) is 74.8 cm³/mol. The molecule has 2 N–H and O–H groups in total. The van der Waals surface area contributed by atoms with Crippen LogP contribution >= 0.6 is 0 Å². The van der Waals surface area contributed by atoms with E-state index in [-0.39, 0.29) is 48.2 Å². The van der Waals surface area contributed by atoms with E-state index in [0.29, 0.717) is 12.8 Å². The number of nitrogens with zero attached hydrogens (tertiary/aromatic N) is 2. The number of hydrogen-bond donors (Lipinski definition) is 2. The second kappa shape index (κ2) is 5.48. The molecule has 114 valence electrons. The minimum absolute atomic E-state index is 0.00833. The van der Waals surface area contributed by atoms with Gasteiger partial charge in [-0.3, -0.25) is 19.5 Å². The number of amides is 1. The van der Waals surface area contributed by atoms with E-state index in [1.54, 1.807) is 0 Å². The highest BCUT2D eigenvalue weighted by molar-refractivity contribution is 5.77. The van der Waals surface area contributed by atoms with Crippen molar-refractivity contribution < 1.29 is 9.90 Å². The van der Waals surface area contributed by atoms with Gasteiger partial charge in [0.15, 0.2) is 0 Å². The largest absolute Gasteiger partial charge is 0.393 e. The van der Waals surface area contributed by atoms with Crippen molar-refractivity contribution in [1.82, 2.24) is 14.7 Å². The number of aryl methyl sites for hydroxylation is 1. The van der Waals surface area contributed by atoms with Gasteiger partial charge >= 0.3 is 0 Å². The number of piperidine rings is 1. The Morgan fingerprint density at radius 2 is 1.90 bits per heavy atom. The van der Waals surface area contributed by atoms with Crippen LogP contribution in [0.1, 0.15) is 32.1 Å². The maximum Gasteiger partial charge on any atom is 0.265 e. The number of fused-ring (bicyclic) bond motifs is 2. The highest BCUT2D eigenvalue weighted by Gasteiger charge is 2.42. The van der Waals surface area contributed by atoms with Crippen LogP contribution in [0.15, 0.2) is 21.7 Å². The summed E-state index contributed by atoms with van der Waals surface area (Å²) in [6.07, 6.45) is 3.04. The molecule has 0 spiro atoms. The molecule has 0 saturated carbocycles. The van der Waals surface area contributed by atoms with Crippen molar-refractivity contribution >= 4 is 5.91 Å². The molecule has 1 amide bonds. The number of aliphatic hydroxyl groups excluding tert-OH is 1. The van der Waals surface area contributed by atoms with E-state index in [2.05, 4.69) is 5.10 Å². The Balaban J connectivity index is 1.66. The van der Waals surface area contributed by atoms with Gasteiger partial charge in [-0.05, 0) is 25.7 Å². The van der Waals surface area contributed by atoms with E-state index in [1.165, 1.54) is 16.8 Å². The van der Waals surface area contributed by atoms with E-state index < -0.39 is 0 Å². The van der Waals surface area contributed by atoms with Crippen molar-refractivity contribution in [1.29, 1.82) is 0 Å². The summed E-state index contributed by atoms with van der Waals surface area (Å²) in [5, 5.41) is 12.2. The molecule has 2 aliphatic heterocycles. The molecule has 2 aliphatic rings. The van der Waals surface area contributed by atoms with Crippen LogP contribution in [-0.4, -0.2) is 43.9 Å². The summed E-state index contributed by atoms with van der Waals surface area (Å²) in [5.41, 5.74) is -0.678. The molecular weight excluding hydrogens is 274 g/mol.